The van der Waals surface area contributed by atoms with Crippen LogP contribution in [0.4, 0.5) is 0 Å². The molecule has 3 aromatic carbocycles. The van der Waals surface area contributed by atoms with E-state index < -0.39 is 0 Å². The minimum atomic E-state index is -0.00153. The molecule has 0 unspecified atom stereocenters. The summed E-state index contributed by atoms with van der Waals surface area (Å²) in [5.74, 6) is 1.74. The Kier molecular flexibility index (Phi) is 6.77. The van der Waals surface area contributed by atoms with Crippen LogP contribution in [0.2, 0.25) is 0 Å². The van der Waals surface area contributed by atoms with Crippen molar-refractivity contribution in [3.05, 3.63) is 90.1 Å². The Bertz CT molecular complexity index is 1520. The van der Waals surface area contributed by atoms with E-state index >= 15 is 0 Å². The lowest BCUT2D eigenvalue weighted by molar-refractivity contribution is -0.127. The lowest BCUT2D eigenvalue weighted by atomic mass is 10.1. The third-order valence-corrected chi connectivity index (χ3v) is 6.99. The third kappa shape index (κ3) is 4.72. The van der Waals surface area contributed by atoms with E-state index in [1.54, 1.807) is 19.1 Å². The molecule has 2 heterocycles. The second kappa shape index (κ2) is 10.3. The summed E-state index contributed by atoms with van der Waals surface area (Å²) < 4.78 is 7.46. The summed E-state index contributed by atoms with van der Waals surface area (Å²) in [6, 6.07) is 24.1. The number of aromatic amines is 1. The van der Waals surface area contributed by atoms with E-state index in [4.69, 9.17) is 4.74 Å². The summed E-state index contributed by atoms with van der Waals surface area (Å²) in [5.41, 5.74) is 5.05. The highest BCUT2D eigenvalue weighted by atomic mass is 32.2. The Hall–Kier alpha value is -4.04. The van der Waals surface area contributed by atoms with Crippen LogP contribution in [0.15, 0.2) is 84.1 Å². The van der Waals surface area contributed by atoms with Crippen LogP contribution in [0.3, 0.4) is 0 Å². The molecule has 0 aliphatic rings. The maximum atomic E-state index is 13.0. The number of aryl methyl sites for hydroxylation is 1. The zero-order chi connectivity index (χ0) is 25.1. The molecule has 0 aliphatic carbocycles. The van der Waals surface area contributed by atoms with Crippen LogP contribution in [-0.2, 0) is 11.3 Å². The Labute approximate surface area is 214 Å². The molecule has 36 heavy (non-hydrogen) atoms. The number of fused-ring (bicyclic) bond motifs is 1. The molecule has 0 spiro atoms. The highest BCUT2D eigenvalue weighted by molar-refractivity contribution is 7.99. The Balaban J connectivity index is 1.43. The van der Waals surface area contributed by atoms with Crippen LogP contribution < -0.4 is 4.74 Å². The summed E-state index contributed by atoms with van der Waals surface area (Å²) >= 11 is 1.38. The number of para-hydroxylation sites is 2. The van der Waals surface area contributed by atoms with Crippen molar-refractivity contribution in [3.8, 4) is 22.8 Å². The van der Waals surface area contributed by atoms with Crippen molar-refractivity contribution in [2.24, 2.45) is 0 Å². The van der Waals surface area contributed by atoms with E-state index in [0.717, 1.165) is 44.9 Å². The molecular formula is C28H27N5O2S. The van der Waals surface area contributed by atoms with Crippen molar-refractivity contribution in [3.63, 3.8) is 0 Å². The van der Waals surface area contributed by atoms with Gasteiger partial charge in [0, 0.05) is 47.5 Å². The van der Waals surface area contributed by atoms with E-state index in [1.807, 2.05) is 65.4 Å². The minimum Gasteiger partial charge on any atom is -0.496 e. The van der Waals surface area contributed by atoms with Gasteiger partial charge in [-0.05, 0) is 36.8 Å². The molecule has 5 rings (SSSR count). The van der Waals surface area contributed by atoms with Gasteiger partial charge in [0.25, 0.3) is 0 Å². The van der Waals surface area contributed by atoms with Gasteiger partial charge in [-0.25, -0.2) is 0 Å². The predicted octanol–water partition coefficient (Wildman–Crippen LogP) is 5.48. The molecule has 1 N–H and O–H groups in total. The summed E-state index contributed by atoms with van der Waals surface area (Å²) in [6.07, 6.45) is 1.96. The van der Waals surface area contributed by atoms with Crippen LogP contribution in [0.5, 0.6) is 5.75 Å². The number of nitrogens with one attached hydrogen (secondary N) is 1. The Morgan fingerprint density at radius 1 is 1.06 bits per heavy atom. The van der Waals surface area contributed by atoms with Crippen molar-refractivity contribution >= 4 is 28.6 Å². The molecule has 7 nitrogen and oxygen atoms in total. The minimum absolute atomic E-state index is 0.00153. The number of rotatable bonds is 8. The predicted molar refractivity (Wildman–Crippen MR) is 144 cm³/mol. The van der Waals surface area contributed by atoms with E-state index in [0.29, 0.717) is 11.7 Å². The monoisotopic (exact) mass is 497 g/mol. The summed E-state index contributed by atoms with van der Waals surface area (Å²) in [6.45, 7) is 2.52. The van der Waals surface area contributed by atoms with Crippen molar-refractivity contribution < 1.29 is 9.53 Å². The number of carbonyl (C=O) groups excluding carboxylic acids is 1. The van der Waals surface area contributed by atoms with E-state index in [9.17, 15) is 4.79 Å². The largest absolute Gasteiger partial charge is 0.496 e. The average Bonchev–Trinajstić information content (AvgIpc) is 3.51. The van der Waals surface area contributed by atoms with Gasteiger partial charge >= 0.3 is 0 Å². The van der Waals surface area contributed by atoms with Gasteiger partial charge in [0.15, 0.2) is 11.0 Å². The number of nitrogens with zero attached hydrogens (tertiary/aromatic N) is 4. The lowest BCUT2D eigenvalue weighted by Crippen LogP contribution is -2.28. The first-order chi connectivity index (χ1) is 17.5. The fourth-order valence-corrected chi connectivity index (χ4v) is 5.10. The molecule has 0 atom stereocenters. The second-order valence-electron chi connectivity index (χ2n) is 8.58. The Morgan fingerprint density at radius 2 is 1.86 bits per heavy atom. The highest BCUT2D eigenvalue weighted by Gasteiger charge is 2.21. The number of hydrogen-bond acceptors (Lipinski definition) is 5. The van der Waals surface area contributed by atoms with Gasteiger partial charge in [0.05, 0.1) is 12.9 Å². The smallest absolute Gasteiger partial charge is 0.233 e. The first-order valence-corrected chi connectivity index (χ1v) is 12.6. The van der Waals surface area contributed by atoms with Crippen LogP contribution >= 0.6 is 11.8 Å². The van der Waals surface area contributed by atoms with Crippen molar-refractivity contribution in [1.82, 2.24) is 24.6 Å². The van der Waals surface area contributed by atoms with Gasteiger partial charge in [-0.1, -0.05) is 60.3 Å². The molecule has 0 saturated carbocycles. The maximum Gasteiger partial charge on any atom is 0.233 e. The van der Waals surface area contributed by atoms with Crippen LogP contribution in [0.25, 0.3) is 28.0 Å². The number of thioether (sulfide) groups is 1. The molecule has 2 aromatic heterocycles. The number of ether oxygens (including phenoxy) is 1. The molecule has 8 heteroatoms. The fraction of sp³-hybridized carbons (Fsp3) is 0.179. The van der Waals surface area contributed by atoms with Gasteiger partial charge in [0.2, 0.25) is 5.91 Å². The van der Waals surface area contributed by atoms with Crippen LogP contribution in [0.1, 0.15) is 11.1 Å². The lowest BCUT2D eigenvalue weighted by Gasteiger charge is -2.18. The van der Waals surface area contributed by atoms with Gasteiger partial charge in [-0.15, -0.1) is 10.2 Å². The number of H-pyrrole nitrogens is 1. The van der Waals surface area contributed by atoms with E-state index in [2.05, 4.69) is 40.3 Å². The number of methoxy groups -OCH3 is 1. The third-order valence-electron chi connectivity index (χ3n) is 6.07. The standard InChI is InChI=1S/C28H27N5O2S/c1-19-9-8-11-21(15-19)33-27(23-16-29-24-13-6-5-12-22(23)24)30-31-28(33)36-18-26(34)32(2)17-20-10-4-7-14-25(20)35-3/h4-16,29H,17-18H2,1-3H3. The number of hydrogen-bond donors (Lipinski definition) is 1. The average molecular weight is 498 g/mol. The summed E-state index contributed by atoms with van der Waals surface area (Å²) in [4.78, 5) is 18.1. The van der Waals surface area contributed by atoms with Crippen molar-refractivity contribution in [2.45, 2.75) is 18.6 Å². The molecular weight excluding hydrogens is 470 g/mol. The van der Waals surface area contributed by atoms with Gasteiger partial charge in [-0.3, -0.25) is 9.36 Å². The van der Waals surface area contributed by atoms with E-state index in [-0.39, 0.29) is 11.7 Å². The molecule has 0 radical (unpaired) electrons. The first-order valence-electron chi connectivity index (χ1n) is 11.6. The van der Waals surface area contributed by atoms with E-state index in [1.165, 1.54) is 11.8 Å². The molecule has 182 valence electrons. The number of benzene rings is 3. The number of amides is 1. The molecule has 0 bridgehead atoms. The second-order valence-corrected chi connectivity index (χ2v) is 9.52. The summed E-state index contributed by atoms with van der Waals surface area (Å²) in [5, 5.41) is 10.8. The van der Waals surface area contributed by atoms with Gasteiger partial charge < -0.3 is 14.6 Å². The zero-order valence-corrected chi connectivity index (χ0v) is 21.2. The quantitative estimate of drug-likeness (QED) is 0.287. The van der Waals surface area contributed by atoms with Crippen LogP contribution in [0, 0.1) is 6.92 Å². The number of aromatic nitrogens is 4. The zero-order valence-electron chi connectivity index (χ0n) is 20.4. The number of carbonyl (C=O) groups is 1. The fourth-order valence-electron chi connectivity index (χ4n) is 4.21. The van der Waals surface area contributed by atoms with Gasteiger partial charge in [-0.2, -0.15) is 0 Å². The summed E-state index contributed by atoms with van der Waals surface area (Å²) in [7, 11) is 3.44. The molecule has 0 aliphatic heterocycles. The molecule has 0 saturated heterocycles. The van der Waals surface area contributed by atoms with Crippen LogP contribution in [-0.4, -0.2) is 50.5 Å². The first kappa shape index (κ1) is 23.7. The van der Waals surface area contributed by atoms with Crippen molar-refractivity contribution in [1.29, 1.82) is 0 Å². The maximum absolute atomic E-state index is 13.0. The normalized spacial score (nSPS) is 11.1. The van der Waals surface area contributed by atoms with Crippen molar-refractivity contribution in [2.75, 3.05) is 19.9 Å². The highest BCUT2D eigenvalue weighted by Crippen LogP contribution is 2.32. The molecule has 5 aromatic rings. The van der Waals surface area contributed by atoms with Gasteiger partial charge in [0.1, 0.15) is 5.75 Å². The topological polar surface area (TPSA) is 76.0 Å². The molecule has 0 fully saturated rings. The SMILES string of the molecule is COc1ccccc1CN(C)C(=O)CSc1nnc(-c2c[nH]c3ccccc23)n1-c1cccc(C)c1. The Morgan fingerprint density at radius 3 is 2.69 bits per heavy atom. The molecule has 1 amide bonds.